The van der Waals surface area contributed by atoms with Crippen molar-refractivity contribution < 1.29 is 114 Å². The smallest absolute Gasteiger partial charge is 0.262 e. The maximum atomic E-state index is 14.5. The molecule has 0 saturated heterocycles. The van der Waals surface area contributed by atoms with Crippen molar-refractivity contribution in [2.45, 2.75) is 170 Å². The number of hydrogen-bond acceptors (Lipinski definition) is 28. The standard InChI is InChI=1S/C70H88O28S5/c1-41(2)16-14-17-43(4)51-23-24-52-50-22-21-47-38-48(26-28-69(47,6)53(50)27-29-70(51,52)7)88-30-12-10-8-9-11-13-31-89-56-37-46(20-25-54(56)95-100(76,77)78)66-67(97-102(82,83)84)63(71)61-57(34-42(3)35-59(61)92-66)90-32-15-33-91-58-39-49(94-99(73,74)75)40-60-62(58)64(72)68(98-103(85,86)87)65(93-60)45-19-18-44(5)55(36-45)96-101(79,80)81/h18-21,25,34-37,39-41,43,48,50-53H,8-17,22-24,26-33,38H2,1-7H3,(H,73,74,75)(H,76,77,78)(H,79,80,81)(H,82,83,84)(H,85,86,87)/p-5/t43-,48?,50+,51-,52+,53+,69+,70-/m1/s1. The third-order valence-corrected chi connectivity index (χ3v) is 22.7. The minimum Gasteiger partial charge on any atom is -0.716 e. The molecule has 0 N–H and O–H groups in total. The fraction of sp³-hybridized carbons (Fsp3) is 0.543. The molecule has 0 radical (unpaired) electrons. The second-order valence-electron chi connectivity index (χ2n) is 28.3. The number of aryl methyl sites for hydroxylation is 2. The van der Waals surface area contributed by atoms with Crippen molar-refractivity contribution in [3.63, 3.8) is 0 Å². The van der Waals surface area contributed by atoms with Crippen LogP contribution in [0.15, 0.2) is 90.7 Å². The lowest BCUT2D eigenvalue weighted by atomic mass is 9.47. The van der Waals surface area contributed by atoms with Gasteiger partial charge in [0.25, 0.3) is 52.0 Å². The van der Waals surface area contributed by atoms with Gasteiger partial charge in [-0.05, 0) is 172 Å². The van der Waals surface area contributed by atoms with Gasteiger partial charge in [-0.25, -0.2) is 42.1 Å². The lowest BCUT2D eigenvalue weighted by molar-refractivity contribution is -0.0641. The molecule has 2 heterocycles. The first-order valence-electron chi connectivity index (χ1n) is 34.2. The average molecular weight is 1530 g/mol. The maximum absolute atomic E-state index is 14.5. The molecule has 4 aliphatic carbocycles. The van der Waals surface area contributed by atoms with E-state index >= 15 is 0 Å². The maximum Gasteiger partial charge on any atom is 0.262 e. The summed E-state index contributed by atoms with van der Waals surface area (Å²) in [6.07, 6.45) is 21.2. The second-order valence-corrected chi connectivity index (χ2v) is 33.2. The van der Waals surface area contributed by atoms with Crippen molar-refractivity contribution in [2.75, 3.05) is 26.4 Å². The number of benzene rings is 4. The number of hydrogen-bond donors (Lipinski definition) is 0. The molecule has 0 spiro atoms. The third-order valence-electron chi connectivity index (χ3n) is 20.8. The van der Waals surface area contributed by atoms with E-state index < -0.39 is 144 Å². The zero-order valence-electron chi connectivity index (χ0n) is 57.9. The van der Waals surface area contributed by atoms with Crippen molar-refractivity contribution in [2.24, 2.45) is 46.3 Å². The van der Waals surface area contributed by atoms with E-state index in [9.17, 15) is 74.4 Å². The van der Waals surface area contributed by atoms with Gasteiger partial charge in [0, 0.05) is 36.3 Å². The molecule has 0 amide bonds. The average Bonchev–Trinajstić information content (AvgIpc) is 1.68. The molecule has 103 heavy (non-hydrogen) atoms. The monoisotopic (exact) mass is 1530 g/mol. The van der Waals surface area contributed by atoms with E-state index in [0.29, 0.717) is 42.6 Å². The molecule has 3 fully saturated rings. The van der Waals surface area contributed by atoms with Gasteiger partial charge < -0.3 is 71.5 Å². The zero-order chi connectivity index (χ0) is 74.8. The van der Waals surface area contributed by atoms with Crippen LogP contribution in [0.5, 0.6) is 46.0 Å². The van der Waals surface area contributed by atoms with E-state index in [2.05, 4.69) is 57.4 Å². The van der Waals surface area contributed by atoms with Gasteiger partial charge in [-0.15, -0.1) is 0 Å². The Morgan fingerprint density at radius 3 is 1.65 bits per heavy atom. The predicted molar refractivity (Wildman–Crippen MR) is 369 cm³/mol. The third kappa shape index (κ3) is 19.5. The summed E-state index contributed by atoms with van der Waals surface area (Å²) in [5.74, 6) is -2.82. The molecular formula is C70H83O28S5-5. The van der Waals surface area contributed by atoms with Gasteiger partial charge in [-0.1, -0.05) is 103 Å². The summed E-state index contributed by atoms with van der Waals surface area (Å²) >= 11 is 0. The molecule has 0 aliphatic heterocycles. The Labute approximate surface area is 599 Å². The highest BCUT2D eigenvalue weighted by atomic mass is 32.3. The zero-order valence-corrected chi connectivity index (χ0v) is 62.0. The fourth-order valence-corrected chi connectivity index (χ4v) is 18.0. The van der Waals surface area contributed by atoms with Crippen molar-refractivity contribution in [3.05, 3.63) is 104 Å². The van der Waals surface area contributed by atoms with Crippen LogP contribution in [-0.4, -0.2) is 97.4 Å². The Kier molecular flexibility index (Phi) is 24.1. The number of rotatable bonds is 34. The van der Waals surface area contributed by atoms with E-state index in [-0.39, 0.29) is 52.8 Å². The topological polar surface area (TPSA) is 429 Å². The lowest BCUT2D eigenvalue weighted by Gasteiger charge is -2.58. The summed E-state index contributed by atoms with van der Waals surface area (Å²) in [5, 5.41) is -1.23. The number of unbranched alkanes of at least 4 members (excludes halogenated alkanes) is 5. The first-order valence-corrected chi connectivity index (χ1v) is 40.9. The van der Waals surface area contributed by atoms with Gasteiger partial charge in [-0.3, -0.25) is 9.59 Å². The van der Waals surface area contributed by atoms with E-state index in [4.69, 9.17) is 32.0 Å². The molecule has 4 aromatic carbocycles. The van der Waals surface area contributed by atoms with E-state index in [1.807, 2.05) is 0 Å². The van der Waals surface area contributed by atoms with Crippen molar-refractivity contribution in [1.29, 1.82) is 0 Å². The molecule has 4 aliphatic rings. The molecule has 566 valence electrons. The molecule has 8 atom stereocenters. The van der Waals surface area contributed by atoms with Gasteiger partial charge in [-0.2, -0.15) is 0 Å². The Bertz CT molecular complexity index is 4890. The van der Waals surface area contributed by atoms with Crippen molar-refractivity contribution >= 4 is 73.9 Å². The Hall–Kier alpha value is -7.05. The first-order chi connectivity index (χ1) is 48.3. The van der Waals surface area contributed by atoms with E-state index in [0.717, 1.165) is 110 Å². The molecule has 1 unspecified atom stereocenters. The Morgan fingerprint density at radius 2 is 1.05 bits per heavy atom. The van der Waals surface area contributed by atoms with Crippen LogP contribution in [0.3, 0.4) is 0 Å². The van der Waals surface area contributed by atoms with Crippen LogP contribution in [0.4, 0.5) is 0 Å². The number of fused-ring (bicyclic) bond motifs is 7. The summed E-state index contributed by atoms with van der Waals surface area (Å²) < 4.78 is 237. The van der Waals surface area contributed by atoms with Gasteiger partial charge in [0.05, 0.1) is 25.9 Å². The molecule has 10 rings (SSSR count). The summed E-state index contributed by atoms with van der Waals surface area (Å²) in [6.45, 7) is 14.9. The van der Waals surface area contributed by atoms with Crippen LogP contribution < -0.4 is 46.0 Å². The molecule has 2 aromatic heterocycles. The number of ether oxygens (including phenoxy) is 4. The van der Waals surface area contributed by atoms with Crippen LogP contribution in [0, 0.1) is 60.2 Å². The molecule has 33 heteroatoms. The van der Waals surface area contributed by atoms with Crippen molar-refractivity contribution in [3.8, 4) is 68.6 Å². The summed E-state index contributed by atoms with van der Waals surface area (Å²) in [7, 11) is -28.0. The molecule has 0 bridgehead atoms. The summed E-state index contributed by atoms with van der Waals surface area (Å²) in [4.78, 5) is 28.6. The number of allylic oxidation sites excluding steroid dienone is 1. The highest BCUT2D eigenvalue weighted by molar-refractivity contribution is 7.82. The first kappa shape index (κ1) is 78.5. The predicted octanol–water partition coefficient (Wildman–Crippen LogP) is 12.0. The minimum absolute atomic E-state index is 0.0216. The van der Waals surface area contributed by atoms with Crippen LogP contribution in [0.25, 0.3) is 44.6 Å². The van der Waals surface area contributed by atoms with Crippen LogP contribution in [0.2, 0.25) is 0 Å². The lowest BCUT2D eigenvalue weighted by Crippen LogP contribution is -2.51. The molecule has 6 aromatic rings. The highest BCUT2D eigenvalue weighted by Gasteiger charge is 2.59. The van der Waals surface area contributed by atoms with Crippen LogP contribution in [-0.2, 0) is 56.7 Å². The molecule has 3 saturated carbocycles. The van der Waals surface area contributed by atoms with Crippen LogP contribution in [0.1, 0.15) is 161 Å². The SMILES string of the molecule is Cc1cc(OCCCOc2cc(OS(=O)(=O)[O-])cc3oc(-c4ccc(C)c(OS(=O)(=O)[O-])c4)c(OS(=O)(=O)[O-])c(=O)c23)c2c(=O)c(OS(=O)(=O)[O-])c(-c3ccc(OS(=O)(=O)[O-])c(OCCCCCCCCOC4CC[C@@]5(C)C(=CC[C@H]6[C@@H]7CC[C@H]([C@H](C)CCCC(C)C)[C@@]7(C)CC[C@@H]65)C4)c3)oc2c1. The van der Waals surface area contributed by atoms with Gasteiger partial charge in [0.2, 0.25) is 22.4 Å². The van der Waals surface area contributed by atoms with Gasteiger partial charge in [0.1, 0.15) is 44.9 Å². The summed E-state index contributed by atoms with van der Waals surface area (Å²) in [5.41, 5.74) is -1.73. The van der Waals surface area contributed by atoms with Gasteiger partial charge in [0.15, 0.2) is 23.0 Å². The van der Waals surface area contributed by atoms with E-state index in [1.54, 1.807) is 12.5 Å². The molecular weight excluding hydrogens is 1450 g/mol. The van der Waals surface area contributed by atoms with Crippen LogP contribution >= 0.6 is 0 Å². The molecule has 28 nitrogen and oxygen atoms in total. The minimum atomic E-state index is -5.83. The summed E-state index contributed by atoms with van der Waals surface area (Å²) in [6, 6.07) is 10.2. The fourth-order valence-electron chi connectivity index (χ4n) is 16.2. The second kappa shape index (κ2) is 31.6. The van der Waals surface area contributed by atoms with Crippen molar-refractivity contribution in [1.82, 2.24) is 0 Å². The Morgan fingerprint density at radius 1 is 0.515 bits per heavy atom. The largest absolute Gasteiger partial charge is 0.716 e. The normalized spacial score (nSPS) is 21.8. The quantitative estimate of drug-likeness (QED) is 0.0157. The van der Waals surface area contributed by atoms with Gasteiger partial charge >= 0.3 is 0 Å². The van der Waals surface area contributed by atoms with E-state index in [1.165, 1.54) is 76.8 Å². The highest BCUT2D eigenvalue weighted by Crippen LogP contribution is 2.67. The Balaban J connectivity index is 0.768.